The molecule has 2 N–H and O–H groups in total. The average molecular weight is 290 g/mol. The summed E-state index contributed by atoms with van der Waals surface area (Å²) in [5.74, 6) is -1.82. The topological polar surface area (TPSA) is 72.6 Å². The number of rotatable bonds is 5. The van der Waals surface area contributed by atoms with Crippen molar-refractivity contribution in [3.8, 4) is 5.75 Å². The van der Waals surface area contributed by atoms with Gasteiger partial charge in [-0.05, 0) is 12.1 Å². The molecule has 0 saturated carbocycles. The SMILES string of the molecule is CN(CC(N)=O)C(=O)COc1ccccc1C(F)(F)F. The summed E-state index contributed by atoms with van der Waals surface area (Å²) >= 11 is 0. The number of nitrogens with two attached hydrogens (primary N) is 1. The van der Waals surface area contributed by atoms with Gasteiger partial charge in [0.25, 0.3) is 5.91 Å². The number of hydrogen-bond acceptors (Lipinski definition) is 3. The van der Waals surface area contributed by atoms with Gasteiger partial charge in [0.05, 0.1) is 12.1 Å². The molecule has 1 rings (SSSR count). The molecule has 0 aromatic heterocycles. The molecule has 0 spiro atoms. The number of primary amides is 1. The van der Waals surface area contributed by atoms with Crippen molar-refractivity contribution < 1.29 is 27.5 Å². The first-order valence-electron chi connectivity index (χ1n) is 5.53. The van der Waals surface area contributed by atoms with Gasteiger partial charge in [0.1, 0.15) is 5.75 Å². The number of likely N-dealkylation sites (N-methyl/N-ethyl adjacent to an activating group) is 1. The first-order valence-corrected chi connectivity index (χ1v) is 5.53. The fraction of sp³-hybridized carbons (Fsp3) is 0.333. The van der Waals surface area contributed by atoms with Crippen LogP contribution in [0.5, 0.6) is 5.75 Å². The van der Waals surface area contributed by atoms with E-state index in [4.69, 9.17) is 10.5 Å². The summed E-state index contributed by atoms with van der Waals surface area (Å²) in [6.07, 6.45) is -4.57. The number of ether oxygens (including phenoxy) is 1. The molecule has 0 saturated heterocycles. The monoisotopic (exact) mass is 290 g/mol. The van der Waals surface area contributed by atoms with E-state index in [1.807, 2.05) is 0 Å². The normalized spacial score (nSPS) is 11.0. The van der Waals surface area contributed by atoms with Crippen LogP contribution in [-0.4, -0.2) is 36.9 Å². The fourth-order valence-corrected chi connectivity index (χ4v) is 1.40. The molecule has 0 aliphatic rings. The van der Waals surface area contributed by atoms with E-state index < -0.39 is 35.9 Å². The van der Waals surface area contributed by atoms with E-state index in [1.165, 1.54) is 19.2 Å². The number of hydrogen-bond donors (Lipinski definition) is 1. The number of alkyl halides is 3. The molecule has 8 heteroatoms. The minimum atomic E-state index is -4.57. The third-order valence-corrected chi connectivity index (χ3v) is 2.36. The van der Waals surface area contributed by atoms with Gasteiger partial charge in [-0.2, -0.15) is 13.2 Å². The lowest BCUT2D eigenvalue weighted by molar-refractivity contribution is -0.141. The first-order chi connectivity index (χ1) is 9.21. The van der Waals surface area contributed by atoms with Crippen molar-refractivity contribution in [1.29, 1.82) is 0 Å². The predicted molar refractivity (Wildman–Crippen MR) is 63.8 cm³/mol. The molecule has 0 atom stereocenters. The standard InChI is InChI=1S/C12H13F3N2O3/c1-17(6-10(16)18)11(19)7-20-9-5-3-2-4-8(9)12(13,14)15/h2-5H,6-7H2,1H3,(H2,16,18). The molecule has 0 radical (unpaired) electrons. The molecule has 0 aliphatic carbocycles. The van der Waals surface area contributed by atoms with E-state index in [-0.39, 0.29) is 6.54 Å². The van der Waals surface area contributed by atoms with E-state index in [2.05, 4.69) is 0 Å². The van der Waals surface area contributed by atoms with Gasteiger partial charge in [0.15, 0.2) is 6.61 Å². The zero-order chi connectivity index (χ0) is 15.3. The van der Waals surface area contributed by atoms with Gasteiger partial charge in [-0.1, -0.05) is 12.1 Å². The van der Waals surface area contributed by atoms with Crippen LogP contribution in [0.2, 0.25) is 0 Å². The van der Waals surface area contributed by atoms with Crippen LogP contribution in [0, 0.1) is 0 Å². The maximum atomic E-state index is 12.7. The Labute approximate surface area is 113 Å². The number of carbonyl (C=O) groups excluding carboxylic acids is 2. The molecule has 110 valence electrons. The van der Waals surface area contributed by atoms with Gasteiger partial charge in [-0.15, -0.1) is 0 Å². The Balaban J connectivity index is 2.71. The average Bonchev–Trinajstić information content (AvgIpc) is 2.34. The Morgan fingerprint density at radius 1 is 1.30 bits per heavy atom. The molecule has 0 fully saturated rings. The summed E-state index contributed by atoms with van der Waals surface area (Å²) < 4.78 is 42.9. The van der Waals surface area contributed by atoms with Crippen molar-refractivity contribution in [3.05, 3.63) is 29.8 Å². The molecular formula is C12H13F3N2O3. The van der Waals surface area contributed by atoms with Crippen LogP contribution < -0.4 is 10.5 Å². The number of halogens is 3. The predicted octanol–water partition coefficient (Wildman–Crippen LogP) is 1.03. The Morgan fingerprint density at radius 3 is 2.45 bits per heavy atom. The van der Waals surface area contributed by atoms with Gasteiger partial charge in [-0.3, -0.25) is 9.59 Å². The van der Waals surface area contributed by atoms with Crippen molar-refractivity contribution in [2.45, 2.75) is 6.18 Å². The van der Waals surface area contributed by atoms with Gasteiger partial charge < -0.3 is 15.4 Å². The largest absolute Gasteiger partial charge is 0.483 e. The van der Waals surface area contributed by atoms with Crippen molar-refractivity contribution in [2.24, 2.45) is 5.73 Å². The highest BCUT2D eigenvalue weighted by Gasteiger charge is 2.34. The number of nitrogens with zero attached hydrogens (tertiary/aromatic N) is 1. The molecule has 0 aliphatic heterocycles. The summed E-state index contributed by atoms with van der Waals surface area (Å²) in [4.78, 5) is 23.1. The van der Waals surface area contributed by atoms with Crippen molar-refractivity contribution in [2.75, 3.05) is 20.2 Å². The van der Waals surface area contributed by atoms with Crippen LogP contribution in [0.3, 0.4) is 0 Å². The second-order valence-corrected chi connectivity index (χ2v) is 4.00. The number of carbonyl (C=O) groups is 2. The highest BCUT2D eigenvalue weighted by atomic mass is 19.4. The van der Waals surface area contributed by atoms with Crippen LogP contribution in [-0.2, 0) is 15.8 Å². The van der Waals surface area contributed by atoms with E-state index in [0.29, 0.717) is 0 Å². The first kappa shape index (κ1) is 15.8. The summed E-state index contributed by atoms with van der Waals surface area (Å²) in [5.41, 5.74) is 3.93. The lowest BCUT2D eigenvalue weighted by atomic mass is 10.2. The Kier molecular flexibility index (Phi) is 4.95. The van der Waals surface area contributed by atoms with Crippen LogP contribution >= 0.6 is 0 Å². The van der Waals surface area contributed by atoms with Crippen LogP contribution in [0.4, 0.5) is 13.2 Å². The smallest absolute Gasteiger partial charge is 0.419 e. The molecule has 2 amide bonds. The van der Waals surface area contributed by atoms with Gasteiger partial charge in [0, 0.05) is 7.05 Å². The van der Waals surface area contributed by atoms with E-state index in [0.717, 1.165) is 17.0 Å². The highest BCUT2D eigenvalue weighted by molar-refractivity contribution is 5.84. The summed E-state index contributed by atoms with van der Waals surface area (Å²) in [6.45, 7) is -0.944. The Bertz CT molecular complexity index is 503. The van der Waals surface area contributed by atoms with Gasteiger partial charge in [0.2, 0.25) is 5.91 Å². The molecular weight excluding hydrogens is 277 g/mol. The quantitative estimate of drug-likeness (QED) is 0.880. The highest BCUT2D eigenvalue weighted by Crippen LogP contribution is 2.35. The second kappa shape index (κ2) is 6.27. The zero-order valence-corrected chi connectivity index (χ0v) is 10.6. The van der Waals surface area contributed by atoms with Gasteiger partial charge in [-0.25, -0.2) is 0 Å². The van der Waals surface area contributed by atoms with Crippen LogP contribution in [0.15, 0.2) is 24.3 Å². The third-order valence-electron chi connectivity index (χ3n) is 2.36. The molecule has 0 unspecified atom stereocenters. The lowest BCUT2D eigenvalue weighted by Crippen LogP contribution is -2.38. The van der Waals surface area contributed by atoms with E-state index in [9.17, 15) is 22.8 Å². The molecule has 1 aromatic rings. The molecule has 0 heterocycles. The third kappa shape index (κ3) is 4.45. The Morgan fingerprint density at radius 2 is 1.90 bits per heavy atom. The maximum absolute atomic E-state index is 12.7. The van der Waals surface area contributed by atoms with Crippen LogP contribution in [0.1, 0.15) is 5.56 Å². The molecule has 20 heavy (non-hydrogen) atoms. The van der Waals surface area contributed by atoms with Crippen molar-refractivity contribution in [1.82, 2.24) is 4.90 Å². The fourth-order valence-electron chi connectivity index (χ4n) is 1.40. The summed E-state index contributed by atoms with van der Waals surface area (Å²) in [5, 5.41) is 0. The minimum Gasteiger partial charge on any atom is -0.483 e. The maximum Gasteiger partial charge on any atom is 0.419 e. The van der Waals surface area contributed by atoms with E-state index in [1.54, 1.807) is 0 Å². The lowest BCUT2D eigenvalue weighted by Gasteiger charge is -2.17. The number of benzene rings is 1. The van der Waals surface area contributed by atoms with Gasteiger partial charge >= 0.3 is 6.18 Å². The summed E-state index contributed by atoms with van der Waals surface area (Å²) in [6, 6.07) is 4.55. The second-order valence-electron chi connectivity index (χ2n) is 4.00. The number of amides is 2. The molecule has 5 nitrogen and oxygen atoms in total. The van der Waals surface area contributed by atoms with Crippen molar-refractivity contribution >= 4 is 11.8 Å². The molecule has 1 aromatic carbocycles. The Hall–Kier alpha value is -2.25. The summed E-state index contributed by atoms with van der Waals surface area (Å²) in [7, 11) is 1.30. The molecule has 0 bridgehead atoms. The van der Waals surface area contributed by atoms with Crippen LogP contribution in [0.25, 0.3) is 0 Å². The zero-order valence-electron chi connectivity index (χ0n) is 10.6. The minimum absolute atomic E-state index is 0.330. The number of para-hydroxylation sites is 1. The van der Waals surface area contributed by atoms with Crippen molar-refractivity contribution in [3.63, 3.8) is 0 Å². The van der Waals surface area contributed by atoms with E-state index >= 15 is 0 Å².